The summed E-state index contributed by atoms with van der Waals surface area (Å²) in [4.78, 5) is 35.8. The van der Waals surface area contributed by atoms with Crippen LogP contribution in [0.25, 0.3) is 0 Å². The van der Waals surface area contributed by atoms with Crippen LogP contribution in [0.1, 0.15) is 200 Å². The van der Waals surface area contributed by atoms with Crippen LogP contribution in [0.5, 0.6) is 0 Å². The average molecular weight is 758 g/mol. The van der Waals surface area contributed by atoms with Crippen LogP contribution >= 0.6 is 0 Å². The van der Waals surface area contributed by atoms with Crippen LogP contribution < -0.4 is 0 Å². The number of hydrogen-bond donors (Lipinski definition) is 2. The molecular weight excluding hydrogens is 675 g/mol. The standard InChI is InChI=1S/C47H83NO6/c1-3-48(4-2)42-41-47(53)54-43-44(37-33-29-25-21-17-13-9-5-7-11-15-19-23-27-31-35-39-45(49)50)38-34-30-26-22-18-14-10-6-8-12-16-20-24-28-32-36-40-46(51)52/h7-14,44H,3-6,15-43H2,1-2H3,(H,49,50)(H,51,52)/b11-7-,12-8-,13-9-,14-10-. The Morgan fingerprint density at radius 1 is 0.481 bits per heavy atom. The maximum Gasteiger partial charge on any atom is 0.307 e. The normalized spacial score (nSPS) is 12.1. The molecule has 312 valence electrons. The molecule has 0 unspecified atom stereocenters. The third-order valence-electron chi connectivity index (χ3n) is 10.2. The summed E-state index contributed by atoms with van der Waals surface area (Å²) in [7, 11) is 0. The van der Waals surface area contributed by atoms with Crippen LogP contribution in [0, 0.1) is 5.92 Å². The lowest BCUT2D eigenvalue weighted by Gasteiger charge is -2.19. The number of hydrogen-bond acceptors (Lipinski definition) is 5. The molecule has 0 aromatic heterocycles. The smallest absolute Gasteiger partial charge is 0.307 e. The topological polar surface area (TPSA) is 104 Å². The van der Waals surface area contributed by atoms with Gasteiger partial charge in [0, 0.05) is 19.4 Å². The van der Waals surface area contributed by atoms with Crippen LogP contribution in [-0.2, 0) is 19.1 Å². The summed E-state index contributed by atoms with van der Waals surface area (Å²) in [5.41, 5.74) is 0. The third-order valence-corrected chi connectivity index (χ3v) is 10.2. The average Bonchev–Trinajstić information content (AvgIpc) is 3.15. The Balaban J connectivity index is 4.13. The Kier molecular flexibility index (Phi) is 39.4. The molecule has 0 fully saturated rings. The van der Waals surface area contributed by atoms with E-state index in [4.69, 9.17) is 14.9 Å². The van der Waals surface area contributed by atoms with Gasteiger partial charge in [0.25, 0.3) is 0 Å². The number of allylic oxidation sites excluding steroid dienone is 8. The lowest BCUT2D eigenvalue weighted by Crippen LogP contribution is -2.26. The molecule has 7 heteroatoms. The Labute approximate surface area is 332 Å². The molecule has 7 nitrogen and oxygen atoms in total. The fraction of sp³-hybridized carbons (Fsp3) is 0.766. The molecule has 0 heterocycles. The fourth-order valence-electron chi connectivity index (χ4n) is 6.63. The van der Waals surface area contributed by atoms with Gasteiger partial charge in [-0.3, -0.25) is 14.4 Å². The number of nitrogens with zero attached hydrogens (tertiary/aromatic N) is 1. The molecule has 0 amide bonds. The minimum absolute atomic E-state index is 0.0508. The van der Waals surface area contributed by atoms with Gasteiger partial charge in [0.1, 0.15) is 0 Å². The number of aliphatic carboxylic acids is 2. The molecule has 0 aliphatic carbocycles. The molecule has 54 heavy (non-hydrogen) atoms. The van der Waals surface area contributed by atoms with Crippen LogP contribution in [0.3, 0.4) is 0 Å². The third kappa shape index (κ3) is 40.5. The summed E-state index contributed by atoms with van der Waals surface area (Å²) in [6.45, 7) is 7.56. The van der Waals surface area contributed by atoms with Crippen molar-refractivity contribution < 1.29 is 29.3 Å². The molecular formula is C47H83NO6. The summed E-state index contributed by atoms with van der Waals surface area (Å²) in [5.74, 6) is -0.955. The van der Waals surface area contributed by atoms with E-state index in [1.54, 1.807) is 0 Å². The molecule has 0 saturated heterocycles. The second kappa shape index (κ2) is 41.5. The molecule has 0 spiro atoms. The van der Waals surface area contributed by atoms with Crippen molar-refractivity contribution in [3.8, 4) is 0 Å². The minimum atomic E-state index is -0.685. The van der Waals surface area contributed by atoms with Crippen molar-refractivity contribution in [1.82, 2.24) is 4.90 Å². The quantitative estimate of drug-likeness (QED) is 0.0363. The zero-order chi connectivity index (χ0) is 39.6. The molecule has 0 aromatic rings. The summed E-state index contributed by atoms with van der Waals surface area (Å²) < 4.78 is 5.79. The summed E-state index contributed by atoms with van der Waals surface area (Å²) in [6, 6.07) is 0. The molecule has 0 saturated carbocycles. The number of carboxylic acids is 2. The van der Waals surface area contributed by atoms with Crippen LogP contribution in [-0.4, -0.2) is 59.3 Å². The van der Waals surface area contributed by atoms with Gasteiger partial charge < -0.3 is 19.8 Å². The molecule has 0 aromatic carbocycles. The van der Waals surface area contributed by atoms with Crippen LogP contribution in [0.2, 0.25) is 0 Å². The van der Waals surface area contributed by atoms with Gasteiger partial charge in [-0.2, -0.15) is 0 Å². The van der Waals surface area contributed by atoms with E-state index in [0.717, 1.165) is 110 Å². The first-order chi connectivity index (χ1) is 26.4. The molecule has 2 N–H and O–H groups in total. The van der Waals surface area contributed by atoms with Crippen molar-refractivity contribution in [3.63, 3.8) is 0 Å². The molecule has 0 rings (SSSR count). The van der Waals surface area contributed by atoms with Gasteiger partial charge >= 0.3 is 17.9 Å². The zero-order valence-corrected chi connectivity index (χ0v) is 35.0. The highest BCUT2D eigenvalue weighted by molar-refractivity contribution is 5.69. The van der Waals surface area contributed by atoms with E-state index in [0.29, 0.717) is 31.8 Å². The Morgan fingerprint density at radius 3 is 1.20 bits per heavy atom. The van der Waals surface area contributed by atoms with Gasteiger partial charge in [-0.1, -0.05) is 140 Å². The molecule has 0 bridgehead atoms. The SMILES string of the molecule is CCN(CC)CCC(=O)OCC(CCCCCC/C=C\C/C=C\CCCCCCCC(=O)O)CCCCCC/C=C\C/C=C\CCCCCCCC(=O)O. The summed E-state index contributed by atoms with van der Waals surface area (Å²) in [6.07, 6.45) is 48.7. The van der Waals surface area contributed by atoms with E-state index in [9.17, 15) is 14.4 Å². The van der Waals surface area contributed by atoms with E-state index in [2.05, 4.69) is 67.4 Å². The number of unbranched alkanes of at least 4 members (excludes halogenated alkanes) is 18. The minimum Gasteiger partial charge on any atom is -0.481 e. The largest absolute Gasteiger partial charge is 0.481 e. The van der Waals surface area contributed by atoms with E-state index in [-0.39, 0.29) is 5.97 Å². The number of rotatable bonds is 41. The highest BCUT2D eigenvalue weighted by atomic mass is 16.5. The monoisotopic (exact) mass is 758 g/mol. The first kappa shape index (κ1) is 51.3. The predicted octanol–water partition coefficient (Wildman–Crippen LogP) is 13.2. The number of ether oxygens (including phenoxy) is 1. The van der Waals surface area contributed by atoms with Gasteiger partial charge in [-0.15, -0.1) is 0 Å². The highest BCUT2D eigenvalue weighted by Gasteiger charge is 2.13. The van der Waals surface area contributed by atoms with Gasteiger partial charge in [0.2, 0.25) is 0 Å². The van der Waals surface area contributed by atoms with Gasteiger partial charge in [0.15, 0.2) is 0 Å². The zero-order valence-electron chi connectivity index (χ0n) is 35.0. The Morgan fingerprint density at radius 2 is 0.833 bits per heavy atom. The lowest BCUT2D eigenvalue weighted by atomic mass is 9.95. The predicted molar refractivity (Wildman–Crippen MR) is 228 cm³/mol. The molecule has 0 aliphatic heterocycles. The second-order valence-electron chi connectivity index (χ2n) is 15.1. The highest BCUT2D eigenvalue weighted by Crippen LogP contribution is 2.20. The van der Waals surface area contributed by atoms with Crippen molar-refractivity contribution in [1.29, 1.82) is 0 Å². The Bertz CT molecular complexity index is 921. The maximum absolute atomic E-state index is 12.5. The van der Waals surface area contributed by atoms with E-state index >= 15 is 0 Å². The van der Waals surface area contributed by atoms with E-state index in [1.165, 1.54) is 77.0 Å². The maximum atomic E-state index is 12.5. The number of carbonyl (C=O) groups is 3. The summed E-state index contributed by atoms with van der Waals surface area (Å²) >= 11 is 0. The van der Waals surface area contributed by atoms with Gasteiger partial charge in [-0.25, -0.2) is 0 Å². The van der Waals surface area contributed by atoms with E-state index in [1.807, 2.05) is 0 Å². The molecule has 0 radical (unpaired) electrons. The number of esters is 1. The molecule has 0 atom stereocenters. The van der Waals surface area contributed by atoms with Crippen molar-refractivity contribution in [2.24, 2.45) is 5.92 Å². The summed E-state index contributed by atoms with van der Waals surface area (Å²) in [5, 5.41) is 17.4. The van der Waals surface area contributed by atoms with Gasteiger partial charge in [0.05, 0.1) is 13.0 Å². The van der Waals surface area contributed by atoms with E-state index < -0.39 is 11.9 Å². The lowest BCUT2D eigenvalue weighted by molar-refractivity contribution is -0.145. The van der Waals surface area contributed by atoms with Crippen molar-refractivity contribution in [2.45, 2.75) is 200 Å². The number of carboxylic acid groups (broad SMARTS) is 2. The fourth-order valence-corrected chi connectivity index (χ4v) is 6.63. The van der Waals surface area contributed by atoms with Crippen molar-refractivity contribution in [2.75, 3.05) is 26.2 Å². The first-order valence-electron chi connectivity index (χ1n) is 22.3. The number of carbonyl (C=O) groups excluding carboxylic acids is 1. The van der Waals surface area contributed by atoms with Gasteiger partial charge in [-0.05, 0) is 109 Å². The first-order valence-corrected chi connectivity index (χ1v) is 22.3. The van der Waals surface area contributed by atoms with Crippen molar-refractivity contribution >= 4 is 17.9 Å². The van der Waals surface area contributed by atoms with Crippen molar-refractivity contribution in [3.05, 3.63) is 48.6 Å². The van der Waals surface area contributed by atoms with Crippen LogP contribution in [0.15, 0.2) is 48.6 Å². The second-order valence-corrected chi connectivity index (χ2v) is 15.1. The van der Waals surface area contributed by atoms with Crippen LogP contribution in [0.4, 0.5) is 0 Å². The Hall–Kier alpha value is -2.67. The molecule has 0 aliphatic rings.